The third-order valence-electron chi connectivity index (χ3n) is 4.38. The minimum Gasteiger partial charge on any atom is -0.463 e. The molecule has 6 nitrogen and oxygen atoms in total. The van der Waals surface area contributed by atoms with Crippen LogP contribution in [0.15, 0.2) is 40.8 Å². The SMILES string of the molecule is Cc1ccc(C(C)(O)CNC(=O)c2ccc(N3CCCC3=O)cc2)o1. The Kier molecular flexibility index (Phi) is 4.63. The number of carbonyl (C=O) groups excluding carboxylic acids is 2. The molecule has 25 heavy (non-hydrogen) atoms. The van der Waals surface area contributed by atoms with Gasteiger partial charge < -0.3 is 19.7 Å². The number of carbonyl (C=O) groups is 2. The van der Waals surface area contributed by atoms with Crippen molar-refractivity contribution in [2.75, 3.05) is 18.0 Å². The molecule has 2 amide bonds. The van der Waals surface area contributed by atoms with Crippen molar-refractivity contribution in [1.82, 2.24) is 5.32 Å². The summed E-state index contributed by atoms with van der Waals surface area (Å²) >= 11 is 0. The maximum Gasteiger partial charge on any atom is 0.251 e. The Morgan fingerprint density at radius 2 is 2.00 bits per heavy atom. The molecule has 1 aromatic heterocycles. The lowest BCUT2D eigenvalue weighted by molar-refractivity contribution is -0.117. The van der Waals surface area contributed by atoms with Gasteiger partial charge in [0, 0.05) is 24.2 Å². The maximum atomic E-state index is 12.3. The first-order valence-electron chi connectivity index (χ1n) is 8.35. The second-order valence-electron chi connectivity index (χ2n) is 6.56. The fourth-order valence-electron chi connectivity index (χ4n) is 2.88. The molecular weight excluding hydrogens is 320 g/mol. The number of nitrogens with zero attached hydrogens (tertiary/aromatic N) is 1. The molecule has 0 aliphatic carbocycles. The molecule has 1 atom stereocenters. The number of hydrogen-bond donors (Lipinski definition) is 2. The van der Waals surface area contributed by atoms with Crippen LogP contribution in [-0.2, 0) is 10.4 Å². The molecule has 2 heterocycles. The number of aryl methyl sites for hydroxylation is 1. The van der Waals surface area contributed by atoms with E-state index in [1.807, 2.05) is 0 Å². The number of amides is 2. The summed E-state index contributed by atoms with van der Waals surface area (Å²) in [7, 11) is 0. The Labute approximate surface area is 146 Å². The number of aliphatic hydroxyl groups is 1. The van der Waals surface area contributed by atoms with Crippen molar-refractivity contribution >= 4 is 17.5 Å². The van der Waals surface area contributed by atoms with E-state index in [4.69, 9.17) is 4.42 Å². The summed E-state index contributed by atoms with van der Waals surface area (Å²) in [6, 6.07) is 10.4. The van der Waals surface area contributed by atoms with Crippen molar-refractivity contribution in [3.8, 4) is 0 Å². The molecule has 1 aliphatic rings. The average molecular weight is 342 g/mol. The number of rotatable bonds is 5. The fourth-order valence-corrected chi connectivity index (χ4v) is 2.88. The monoisotopic (exact) mass is 342 g/mol. The molecule has 0 bridgehead atoms. The number of hydrogen-bond acceptors (Lipinski definition) is 4. The Bertz CT molecular complexity index is 777. The van der Waals surface area contributed by atoms with Gasteiger partial charge in [-0.2, -0.15) is 0 Å². The minimum atomic E-state index is -1.29. The van der Waals surface area contributed by atoms with Crippen LogP contribution in [0.4, 0.5) is 5.69 Å². The Balaban J connectivity index is 1.62. The van der Waals surface area contributed by atoms with E-state index >= 15 is 0 Å². The van der Waals surface area contributed by atoms with Crippen LogP contribution < -0.4 is 10.2 Å². The zero-order chi connectivity index (χ0) is 18.0. The summed E-state index contributed by atoms with van der Waals surface area (Å²) in [5, 5.41) is 13.2. The molecule has 1 unspecified atom stereocenters. The average Bonchev–Trinajstić information content (AvgIpc) is 3.22. The topological polar surface area (TPSA) is 82.8 Å². The highest BCUT2D eigenvalue weighted by atomic mass is 16.4. The van der Waals surface area contributed by atoms with Crippen LogP contribution in [0.25, 0.3) is 0 Å². The van der Waals surface area contributed by atoms with Crippen LogP contribution in [0, 0.1) is 6.92 Å². The van der Waals surface area contributed by atoms with Gasteiger partial charge in [0.05, 0.1) is 6.54 Å². The van der Waals surface area contributed by atoms with Crippen molar-refractivity contribution < 1.29 is 19.1 Å². The number of benzene rings is 1. The highest BCUT2D eigenvalue weighted by molar-refractivity contribution is 5.97. The zero-order valence-corrected chi connectivity index (χ0v) is 14.4. The minimum absolute atomic E-state index is 0.0329. The van der Waals surface area contributed by atoms with E-state index in [0.717, 1.165) is 18.7 Å². The molecule has 1 aliphatic heterocycles. The van der Waals surface area contributed by atoms with Gasteiger partial charge in [-0.15, -0.1) is 0 Å². The summed E-state index contributed by atoms with van der Waals surface area (Å²) in [6.45, 7) is 4.14. The second kappa shape index (κ2) is 6.72. The van der Waals surface area contributed by atoms with Gasteiger partial charge in [0.25, 0.3) is 5.91 Å². The maximum absolute atomic E-state index is 12.3. The molecule has 132 valence electrons. The summed E-state index contributed by atoms with van der Waals surface area (Å²) in [5.41, 5.74) is -0.00910. The lowest BCUT2D eigenvalue weighted by Crippen LogP contribution is -2.38. The van der Waals surface area contributed by atoms with Crippen molar-refractivity contribution in [2.24, 2.45) is 0 Å². The van der Waals surface area contributed by atoms with Crippen LogP contribution in [0.2, 0.25) is 0 Å². The number of nitrogens with one attached hydrogen (secondary N) is 1. The first-order chi connectivity index (χ1) is 11.9. The third-order valence-corrected chi connectivity index (χ3v) is 4.38. The molecule has 1 fully saturated rings. The quantitative estimate of drug-likeness (QED) is 0.874. The van der Waals surface area contributed by atoms with Gasteiger partial charge in [0.1, 0.15) is 17.1 Å². The van der Waals surface area contributed by atoms with Crippen LogP contribution in [0.1, 0.15) is 41.6 Å². The molecular formula is C19H22N2O4. The van der Waals surface area contributed by atoms with Crippen LogP contribution in [0.3, 0.4) is 0 Å². The second-order valence-corrected chi connectivity index (χ2v) is 6.56. The van der Waals surface area contributed by atoms with E-state index in [0.29, 0.717) is 23.5 Å². The Hall–Kier alpha value is -2.60. The lowest BCUT2D eigenvalue weighted by Gasteiger charge is -2.21. The molecule has 3 rings (SSSR count). The predicted molar refractivity (Wildman–Crippen MR) is 93.4 cm³/mol. The highest BCUT2D eigenvalue weighted by Gasteiger charge is 2.27. The first kappa shape index (κ1) is 17.2. The first-order valence-corrected chi connectivity index (χ1v) is 8.35. The summed E-state index contributed by atoms with van der Waals surface area (Å²) in [5.74, 6) is 0.937. The fraction of sp³-hybridized carbons (Fsp3) is 0.368. The summed E-state index contributed by atoms with van der Waals surface area (Å²) < 4.78 is 5.43. The molecule has 0 radical (unpaired) electrons. The smallest absolute Gasteiger partial charge is 0.251 e. The summed E-state index contributed by atoms with van der Waals surface area (Å²) in [6.07, 6.45) is 1.44. The van der Waals surface area contributed by atoms with Gasteiger partial charge in [-0.25, -0.2) is 0 Å². The molecule has 0 spiro atoms. The summed E-state index contributed by atoms with van der Waals surface area (Å²) in [4.78, 5) is 25.8. The van der Waals surface area contributed by atoms with E-state index in [9.17, 15) is 14.7 Å². The van der Waals surface area contributed by atoms with E-state index in [-0.39, 0.29) is 18.4 Å². The van der Waals surface area contributed by atoms with Crippen molar-refractivity contribution in [3.05, 3.63) is 53.5 Å². The lowest BCUT2D eigenvalue weighted by atomic mass is 10.0. The largest absolute Gasteiger partial charge is 0.463 e. The predicted octanol–water partition coefficient (Wildman–Crippen LogP) is 2.35. The van der Waals surface area contributed by atoms with E-state index in [2.05, 4.69) is 5.32 Å². The van der Waals surface area contributed by atoms with Crippen LogP contribution in [-0.4, -0.2) is 30.0 Å². The molecule has 1 aromatic carbocycles. The number of furan rings is 1. The van der Waals surface area contributed by atoms with Gasteiger partial charge in [0.15, 0.2) is 0 Å². The van der Waals surface area contributed by atoms with E-state index in [1.54, 1.807) is 55.1 Å². The standard InChI is InChI=1S/C19H22N2O4/c1-13-5-10-16(25-13)19(2,24)12-20-18(23)14-6-8-15(9-7-14)21-11-3-4-17(21)22/h5-10,24H,3-4,11-12H2,1-2H3,(H,20,23). The van der Waals surface area contributed by atoms with E-state index < -0.39 is 5.60 Å². The molecule has 2 N–H and O–H groups in total. The molecule has 0 saturated carbocycles. The Morgan fingerprint density at radius 1 is 1.28 bits per heavy atom. The van der Waals surface area contributed by atoms with Crippen LogP contribution in [0.5, 0.6) is 0 Å². The van der Waals surface area contributed by atoms with Gasteiger partial charge in [-0.3, -0.25) is 9.59 Å². The van der Waals surface area contributed by atoms with Crippen molar-refractivity contribution in [1.29, 1.82) is 0 Å². The van der Waals surface area contributed by atoms with Gasteiger partial charge in [-0.1, -0.05) is 0 Å². The van der Waals surface area contributed by atoms with Gasteiger partial charge in [-0.05, 0) is 56.7 Å². The normalized spacial score (nSPS) is 16.8. The van der Waals surface area contributed by atoms with Crippen LogP contribution >= 0.6 is 0 Å². The Morgan fingerprint density at radius 3 is 2.56 bits per heavy atom. The number of anilines is 1. The van der Waals surface area contributed by atoms with E-state index in [1.165, 1.54) is 0 Å². The molecule has 1 saturated heterocycles. The highest BCUT2D eigenvalue weighted by Crippen LogP contribution is 2.23. The van der Waals surface area contributed by atoms with Gasteiger partial charge in [0.2, 0.25) is 5.91 Å². The zero-order valence-electron chi connectivity index (χ0n) is 14.4. The van der Waals surface area contributed by atoms with Crippen molar-refractivity contribution in [3.63, 3.8) is 0 Å². The van der Waals surface area contributed by atoms with Crippen molar-refractivity contribution in [2.45, 2.75) is 32.3 Å². The molecule has 6 heteroatoms. The van der Waals surface area contributed by atoms with Gasteiger partial charge >= 0.3 is 0 Å². The third kappa shape index (κ3) is 3.74. The molecule has 2 aromatic rings.